The van der Waals surface area contributed by atoms with Crippen molar-refractivity contribution in [3.05, 3.63) is 132 Å². The highest BCUT2D eigenvalue weighted by Crippen LogP contribution is 2.58. The van der Waals surface area contributed by atoms with Gasteiger partial charge in [-0.3, -0.25) is 0 Å². The molecule has 4 aromatic carbocycles. The van der Waals surface area contributed by atoms with Crippen LogP contribution in [0.3, 0.4) is 0 Å². The van der Waals surface area contributed by atoms with Gasteiger partial charge in [0.25, 0.3) is 0 Å². The van der Waals surface area contributed by atoms with Crippen molar-refractivity contribution in [2.45, 2.75) is 0 Å². The third-order valence-corrected chi connectivity index (χ3v) is 15.3. The van der Waals surface area contributed by atoms with E-state index in [1.54, 1.807) is 0 Å². The summed E-state index contributed by atoms with van der Waals surface area (Å²) < 4.78 is 5.35. The number of thiophene rings is 6. The average molecular weight is 695 g/mol. The maximum atomic E-state index is 2.41. The molecule has 0 aliphatic heterocycles. The van der Waals surface area contributed by atoms with E-state index in [9.17, 15) is 0 Å². The molecule has 0 bridgehead atoms. The molecule has 0 spiro atoms. The molecule has 0 saturated carbocycles. The van der Waals surface area contributed by atoms with Crippen molar-refractivity contribution in [2.75, 3.05) is 0 Å². The Bertz CT molecular complexity index is 2640. The lowest BCUT2D eigenvalue weighted by Crippen LogP contribution is -1.82. The van der Waals surface area contributed by atoms with Crippen LogP contribution in [0.5, 0.6) is 0 Å². The van der Waals surface area contributed by atoms with Crippen molar-refractivity contribution in [2.24, 2.45) is 0 Å². The van der Waals surface area contributed by atoms with Crippen LogP contribution in [-0.4, -0.2) is 0 Å². The molecule has 10 aromatic rings. The van der Waals surface area contributed by atoms with E-state index in [2.05, 4.69) is 132 Å². The summed E-state index contributed by atoms with van der Waals surface area (Å²) >= 11 is 11.4. The molecule has 0 nitrogen and oxygen atoms in total. The molecule has 0 N–H and O–H groups in total. The molecule has 0 aliphatic carbocycles. The number of hydrogen-bond acceptors (Lipinski definition) is 6. The quantitative estimate of drug-likeness (QED) is 0.168. The maximum Gasteiger partial charge on any atom is 0.0549 e. The monoisotopic (exact) mass is 694 g/mol. The molecule has 6 heterocycles. The lowest BCUT2D eigenvalue weighted by Gasteiger charge is -2.09. The van der Waals surface area contributed by atoms with Crippen molar-refractivity contribution in [3.63, 3.8) is 0 Å². The van der Waals surface area contributed by atoms with Gasteiger partial charge in [-0.25, -0.2) is 0 Å². The molecule has 0 atom stereocenters. The fraction of sp³-hybridized carbons (Fsp3) is 0. The molecule has 6 heteroatoms. The van der Waals surface area contributed by atoms with Crippen LogP contribution < -0.4 is 0 Å². The van der Waals surface area contributed by atoms with Crippen LogP contribution in [0.2, 0.25) is 0 Å². The van der Waals surface area contributed by atoms with Crippen LogP contribution in [0.15, 0.2) is 132 Å². The zero-order chi connectivity index (χ0) is 30.2. The predicted molar refractivity (Wildman–Crippen MR) is 211 cm³/mol. The van der Waals surface area contributed by atoms with Gasteiger partial charge in [0.05, 0.1) is 14.6 Å². The molecule has 0 amide bonds. The van der Waals surface area contributed by atoms with Crippen LogP contribution in [0.4, 0.5) is 0 Å². The Morgan fingerprint density at radius 2 is 1.07 bits per heavy atom. The Labute approximate surface area is 289 Å². The third kappa shape index (κ3) is 4.26. The van der Waals surface area contributed by atoms with E-state index in [1.165, 1.54) is 91.9 Å². The SMILES string of the molecule is c1csc(-c2c(-c3sccc3-c3cccc4sc5ccccc5c34)sc(-c3cc4ccccc4s3)c2-c2cc3ccccc3s2)c1. The fourth-order valence-electron chi connectivity index (χ4n) is 6.55. The molecule has 6 aromatic heterocycles. The Hall–Kier alpha value is -3.88. The Kier molecular flexibility index (Phi) is 6.43. The highest BCUT2D eigenvalue weighted by Gasteiger charge is 2.28. The Morgan fingerprint density at radius 1 is 0.370 bits per heavy atom. The first-order valence-corrected chi connectivity index (χ1v) is 20.0. The summed E-state index contributed by atoms with van der Waals surface area (Å²) in [6, 6.07) is 44.9. The van der Waals surface area contributed by atoms with Gasteiger partial charge in [0.2, 0.25) is 0 Å². The Morgan fingerprint density at radius 3 is 1.85 bits per heavy atom. The average Bonchev–Trinajstić information content (AvgIpc) is 3.94. The molecule has 0 saturated heterocycles. The first-order valence-electron chi connectivity index (χ1n) is 15.0. The first kappa shape index (κ1) is 27.3. The van der Waals surface area contributed by atoms with Gasteiger partial charge >= 0.3 is 0 Å². The summed E-state index contributed by atoms with van der Waals surface area (Å²) in [6.07, 6.45) is 0. The lowest BCUT2D eigenvalue weighted by molar-refractivity contribution is 1.77. The fourth-order valence-corrected chi connectivity index (χ4v) is 13.3. The van der Waals surface area contributed by atoms with Gasteiger partial charge in [-0.05, 0) is 75.6 Å². The molecule has 0 fully saturated rings. The zero-order valence-electron chi connectivity index (χ0n) is 24.2. The molecule has 46 heavy (non-hydrogen) atoms. The molecule has 0 radical (unpaired) electrons. The van der Waals surface area contributed by atoms with Gasteiger partial charge < -0.3 is 0 Å². The second kappa shape index (κ2) is 10.8. The molecular formula is C40H22S6. The first-order chi connectivity index (χ1) is 22.8. The molecule has 0 unspecified atom stereocenters. The van der Waals surface area contributed by atoms with Crippen molar-refractivity contribution in [1.29, 1.82) is 0 Å². The van der Waals surface area contributed by atoms with E-state index in [1.807, 2.05) is 68.0 Å². The van der Waals surface area contributed by atoms with Gasteiger partial charge in [-0.1, -0.05) is 72.8 Å². The standard InChI is InChI=1S/C40H22S6/c1-4-13-28-23(9-1)21-33(43-28)37-36(31-17-8-19-41-31)40(46-39(37)34-22-24-10-2-5-14-29(24)44-34)38-26(18-20-42-38)25-12-7-16-32-35(25)27-11-3-6-15-30(27)45-32/h1-22H. The summed E-state index contributed by atoms with van der Waals surface area (Å²) in [4.78, 5) is 8.08. The molecular weight excluding hydrogens is 673 g/mol. The van der Waals surface area contributed by atoms with Crippen LogP contribution in [-0.2, 0) is 0 Å². The second-order valence-electron chi connectivity index (χ2n) is 11.2. The Balaban J connectivity index is 1.29. The van der Waals surface area contributed by atoms with E-state index >= 15 is 0 Å². The second-order valence-corrected chi connectivity index (χ2v) is 17.4. The maximum absolute atomic E-state index is 2.41. The van der Waals surface area contributed by atoms with E-state index in [4.69, 9.17) is 0 Å². The number of fused-ring (bicyclic) bond motifs is 5. The topological polar surface area (TPSA) is 0 Å². The third-order valence-electron chi connectivity index (χ3n) is 8.56. The smallest absolute Gasteiger partial charge is 0.0549 e. The van der Waals surface area contributed by atoms with Crippen LogP contribution in [0, 0.1) is 0 Å². The summed E-state index contributed by atoms with van der Waals surface area (Å²) in [6.45, 7) is 0. The van der Waals surface area contributed by atoms with Gasteiger partial charge in [0.1, 0.15) is 0 Å². The predicted octanol–water partition coefficient (Wildman–Crippen LogP) is 15.0. The van der Waals surface area contributed by atoms with Gasteiger partial charge in [-0.2, -0.15) is 0 Å². The van der Waals surface area contributed by atoms with Crippen molar-refractivity contribution < 1.29 is 0 Å². The summed E-state index contributed by atoms with van der Waals surface area (Å²) in [7, 11) is 0. The largest absolute Gasteiger partial charge is 0.144 e. The van der Waals surface area contributed by atoms with Gasteiger partial charge in [0.15, 0.2) is 0 Å². The lowest BCUT2D eigenvalue weighted by atomic mass is 9.97. The minimum atomic E-state index is 1.31. The van der Waals surface area contributed by atoms with Crippen molar-refractivity contribution in [3.8, 4) is 51.5 Å². The van der Waals surface area contributed by atoms with E-state index < -0.39 is 0 Å². The van der Waals surface area contributed by atoms with Gasteiger partial charge in [0, 0.05) is 60.9 Å². The normalized spacial score (nSPS) is 11.9. The number of hydrogen-bond donors (Lipinski definition) is 0. The number of rotatable bonds is 5. The van der Waals surface area contributed by atoms with Crippen LogP contribution >= 0.6 is 68.0 Å². The van der Waals surface area contributed by atoms with E-state index in [-0.39, 0.29) is 0 Å². The minimum Gasteiger partial charge on any atom is -0.144 e. The van der Waals surface area contributed by atoms with E-state index in [0.717, 1.165) is 0 Å². The van der Waals surface area contributed by atoms with Crippen molar-refractivity contribution >= 4 is 108 Å². The van der Waals surface area contributed by atoms with Crippen LogP contribution in [0.1, 0.15) is 0 Å². The molecule has 218 valence electrons. The molecule has 10 rings (SSSR count). The van der Waals surface area contributed by atoms with Crippen molar-refractivity contribution in [1.82, 2.24) is 0 Å². The zero-order valence-corrected chi connectivity index (χ0v) is 29.1. The summed E-state index contributed by atoms with van der Waals surface area (Å²) in [5.74, 6) is 0. The highest BCUT2D eigenvalue weighted by atomic mass is 32.1. The summed E-state index contributed by atoms with van der Waals surface area (Å²) in [5, 5.41) is 9.84. The van der Waals surface area contributed by atoms with E-state index in [0.29, 0.717) is 0 Å². The molecule has 0 aliphatic rings. The summed E-state index contributed by atoms with van der Waals surface area (Å²) in [5.41, 5.74) is 5.38. The highest BCUT2D eigenvalue weighted by molar-refractivity contribution is 7.30. The minimum absolute atomic E-state index is 1.31. The number of benzene rings is 4. The van der Waals surface area contributed by atoms with Crippen LogP contribution in [0.25, 0.3) is 91.9 Å². The van der Waals surface area contributed by atoms with Gasteiger partial charge in [-0.15, -0.1) is 68.0 Å².